The minimum absolute atomic E-state index is 0.259. The first kappa shape index (κ1) is 17.8. The van der Waals surface area contributed by atoms with Crippen molar-refractivity contribution in [3.63, 3.8) is 0 Å². The fourth-order valence-electron chi connectivity index (χ4n) is 2.16. The number of rotatable bonds is 5. The second-order valence-electron chi connectivity index (χ2n) is 5.23. The summed E-state index contributed by atoms with van der Waals surface area (Å²) in [4.78, 5) is 25.2. The van der Waals surface area contributed by atoms with Crippen molar-refractivity contribution in [3.05, 3.63) is 87.1 Å². The molecule has 0 fully saturated rings. The van der Waals surface area contributed by atoms with E-state index in [1.807, 2.05) is 5.38 Å². The van der Waals surface area contributed by atoms with Gasteiger partial charge in [-0.05, 0) is 41.3 Å². The molecule has 7 heteroatoms. The van der Waals surface area contributed by atoms with Crippen LogP contribution in [-0.4, -0.2) is 18.0 Å². The Kier molecular flexibility index (Phi) is 5.78. The van der Waals surface area contributed by atoms with Crippen LogP contribution >= 0.6 is 22.9 Å². The summed E-state index contributed by atoms with van der Waals surface area (Å²) in [7, 11) is 0. The molecule has 2 N–H and O–H groups in total. The van der Waals surface area contributed by atoms with Crippen molar-refractivity contribution in [2.24, 2.45) is 5.10 Å². The normalized spacial score (nSPS) is 10.7. The smallest absolute Gasteiger partial charge is 0.273 e. The monoisotopic (exact) mass is 383 g/mol. The molecule has 0 radical (unpaired) electrons. The van der Waals surface area contributed by atoms with Crippen molar-refractivity contribution in [1.29, 1.82) is 0 Å². The topological polar surface area (TPSA) is 70.6 Å². The van der Waals surface area contributed by atoms with Crippen LogP contribution in [0.5, 0.6) is 0 Å². The highest BCUT2D eigenvalue weighted by Gasteiger charge is 2.14. The molecular weight excluding hydrogens is 370 g/mol. The summed E-state index contributed by atoms with van der Waals surface area (Å²) in [6, 6.07) is 17.3. The zero-order valence-electron chi connectivity index (χ0n) is 13.5. The second kappa shape index (κ2) is 8.42. The number of halogens is 1. The predicted octanol–water partition coefficient (Wildman–Crippen LogP) is 4.42. The van der Waals surface area contributed by atoms with E-state index in [9.17, 15) is 9.59 Å². The Morgan fingerprint density at radius 2 is 1.73 bits per heavy atom. The lowest BCUT2D eigenvalue weighted by atomic mass is 10.1. The van der Waals surface area contributed by atoms with Crippen molar-refractivity contribution >= 4 is 46.7 Å². The molecule has 130 valence electrons. The molecule has 0 spiro atoms. The number of carbonyl (C=O) groups excluding carboxylic acids is 2. The molecule has 2 amide bonds. The quantitative estimate of drug-likeness (QED) is 0.505. The van der Waals surface area contributed by atoms with Crippen LogP contribution in [-0.2, 0) is 0 Å². The lowest BCUT2D eigenvalue weighted by molar-refractivity contribution is 0.0956. The Bertz CT molecular complexity index is 938. The van der Waals surface area contributed by atoms with Crippen LogP contribution in [0.4, 0.5) is 5.69 Å². The van der Waals surface area contributed by atoms with E-state index in [-0.39, 0.29) is 5.91 Å². The van der Waals surface area contributed by atoms with Crippen molar-refractivity contribution in [3.8, 4) is 0 Å². The van der Waals surface area contributed by atoms with Gasteiger partial charge in [0.25, 0.3) is 11.8 Å². The van der Waals surface area contributed by atoms with Gasteiger partial charge in [-0.25, -0.2) is 5.43 Å². The molecule has 2 aromatic carbocycles. The van der Waals surface area contributed by atoms with Crippen LogP contribution in [0.2, 0.25) is 5.02 Å². The number of anilines is 1. The number of hydrogen-bond donors (Lipinski definition) is 2. The van der Waals surface area contributed by atoms with Crippen LogP contribution in [0.1, 0.15) is 25.6 Å². The second-order valence-corrected chi connectivity index (χ2v) is 6.61. The van der Waals surface area contributed by atoms with Crippen LogP contribution in [0.25, 0.3) is 0 Å². The molecular formula is C19H14ClN3O2S. The van der Waals surface area contributed by atoms with Gasteiger partial charge >= 0.3 is 0 Å². The van der Waals surface area contributed by atoms with Gasteiger partial charge in [0.2, 0.25) is 0 Å². The van der Waals surface area contributed by atoms with E-state index in [4.69, 9.17) is 11.6 Å². The molecule has 26 heavy (non-hydrogen) atoms. The maximum atomic E-state index is 12.4. The third-order valence-corrected chi connectivity index (χ3v) is 4.54. The zero-order chi connectivity index (χ0) is 18.4. The number of benzene rings is 2. The first-order chi connectivity index (χ1) is 12.6. The number of thiophene rings is 1. The highest BCUT2D eigenvalue weighted by Crippen LogP contribution is 2.18. The van der Waals surface area contributed by atoms with E-state index in [1.54, 1.807) is 60.7 Å². The highest BCUT2D eigenvalue weighted by molar-refractivity contribution is 7.12. The largest absolute Gasteiger partial charge is 0.321 e. The standard InChI is InChI=1S/C19H14ClN3O2S/c20-14-9-7-13(8-10-14)12-21-23-18(24)15-4-1-2-5-16(15)22-19(25)17-6-3-11-26-17/h1-12H,(H,22,25)(H,23,24)/b21-12+. The van der Waals surface area contributed by atoms with Gasteiger partial charge in [0.05, 0.1) is 22.3 Å². The molecule has 0 aliphatic rings. The molecule has 5 nitrogen and oxygen atoms in total. The van der Waals surface area contributed by atoms with Crippen LogP contribution in [0.3, 0.4) is 0 Å². The SMILES string of the molecule is O=C(Nc1ccccc1C(=O)N/N=C/c1ccc(Cl)cc1)c1cccs1. The molecule has 0 unspecified atom stereocenters. The minimum atomic E-state index is -0.419. The Hall–Kier alpha value is -2.96. The van der Waals surface area contributed by atoms with E-state index < -0.39 is 5.91 Å². The van der Waals surface area contributed by atoms with E-state index in [1.165, 1.54) is 17.6 Å². The summed E-state index contributed by atoms with van der Waals surface area (Å²) in [5.74, 6) is -0.679. The molecule has 0 saturated carbocycles. The number of hydrazone groups is 1. The number of nitrogens with one attached hydrogen (secondary N) is 2. The predicted molar refractivity (Wildman–Crippen MR) is 105 cm³/mol. The van der Waals surface area contributed by atoms with Gasteiger partial charge in [-0.2, -0.15) is 5.10 Å². The van der Waals surface area contributed by atoms with Crippen molar-refractivity contribution in [2.75, 3.05) is 5.32 Å². The van der Waals surface area contributed by atoms with Crippen molar-refractivity contribution in [2.45, 2.75) is 0 Å². The van der Waals surface area contributed by atoms with E-state index in [0.717, 1.165) is 5.56 Å². The van der Waals surface area contributed by atoms with Crippen LogP contribution < -0.4 is 10.7 Å². The Labute approximate surface area is 159 Å². The molecule has 0 saturated heterocycles. The Morgan fingerprint density at radius 1 is 0.962 bits per heavy atom. The van der Waals surface area contributed by atoms with E-state index >= 15 is 0 Å². The molecule has 3 aromatic rings. The van der Waals surface area contributed by atoms with Crippen LogP contribution in [0, 0.1) is 0 Å². The van der Waals surface area contributed by atoms with Gasteiger partial charge in [-0.15, -0.1) is 11.3 Å². The maximum absolute atomic E-state index is 12.4. The van der Waals surface area contributed by atoms with Gasteiger partial charge in [0.15, 0.2) is 0 Å². The number of para-hydroxylation sites is 1. The number of hydrogen-bond acceptors (Lipinski definition) is 4. The fraction of sp³-hybridized carbons (Fsp3) is 0. The molecule has 0 aliphatic carbocycles. The molecule has 0 aliphatic heterocycles. The van der Waals surface area contributed by atoms with Gasteiger partial charge in [0.1, 0.15) is 0 Å². The zero-order valence-corrected chi connectivity index (χ0v) is 15.1. The summed E-state index contributed by atoms with van der Waals surface area (Å²) in [6.07, 6.45) is 1.51. The first-order valence-corrected chi connectivity index (χ1v) is 8.92. The lowest BCUT2D eigenvalue weighted by Gasteiger charge is -2.09. The van der Waals surface area contributed by atoms with Gasteiger partial charge in [0, 0.05) is 5.02 Å². The first-order valence-electron chi connectivity index (χ1n) is 7.66. The average molecular weight is 384 g/mol. The minimum Gasteiger partial charge on any atom is -0.321 e. The molecule has 3 rings (SSSR count). The maximum Gasteiger partial charge on any atom is 0.273 e. The number of amides is 2. The van der Waals surface area contributed by atoms with E-state index in [2.05, 4.69) is 15.8 Å². The number of nitrogens with zero attached hydrogens (tertiary/aromatic N) is 1. The number of carbonyl (C=O) groups is 2. The van der Waals surface area contributed by atoms with Crippen molar-refractivity contribution in [1.82, 2.24) is 5.43 Å². The Morgan fingerprint density at radius 3 is 2.46 bits per heavy atom. The molecule has 1 aromatic heterocycles. The van der Waals surface area contributed by atoms with Crippen LogP contribution in [0.15, 0.2) is 71.1 Å². The van der Waals surface area contributed by atoms with E-state index in [0.29, 0.717) is 21.2 Å². The third-order valence-electron chi connectivity index (χ3n) is 3.41. The molecule has 1 heterocycles. The lowest BCUT2D eigenvalue weighted by Crippen LogP contribution is -2.21. The Balaban J connectivity index is 1.69. The molecule has 0 atom stereocenters. The summed E-state index contributed by atoms with van der Waals surface area (Å²) in [5.41, 5.74) is 4.01. The van der Waals surface area contributed by atoms with Gasteiger partial charge in [-0.1, -0.05) is 41.9 Å². The summed E-state index contributed by atoms with van der Waals surface area (Å²) in [5, 5.41) is 9.14. The molecule has 0 bridgehead atoms. The third kappa shape index (κ3) is 4.56. The average Bonchev–Trinajstić information content (AvgIpc) is 3.18. The summed E-state index contributed by atoms with van der Waals surface area (Å²) >= 11 is 7.16. The van der Waals surface area contributed by atoms with Gasteiger partial charge < -0.3 is 5.32 Å². The van der Waals surface area contributed by atoms with Crippen molar-refractivity contribution < 1.29 is 9.59 Å². The summed E-state index contributed by atoms with van der Waals surface area (Å²) in [6.45, 7) is 0. The highest BCUT2D eigenvalue weighted by atomic mass is 35.5. The summed E-state index contributed by atoms with van der Waals surface area (Å²) < 4.78 is 0. The van der Waals surface area contributed by atoms with Gasteiger partial charge in [-0.3, -0.25) is 9.59 Å². The fourth-order valence-corrected chi connectivity index (χ4v) is 2.90.